The second-order valence-electron chi connectivity index (χ2n) is 4.68. The lowest BCUT2D eigenvalue weighted by atomic mass is 10.2. The van der Waals surface area contributed by atoms with E-state index in [0.29, 0.717) is 11.4 Å². The fourth-order valence-electron chi connectivity index (χ4n) is 1.78. The van der Waals surface area contributed by atoms with Gasteiger partial charge in [0, 0.05) is 22.3 Å². The van der Waals surface area contributed by atoms with E-state index in [0.717, 1.165) is 17.3 Å². The van der Waals surface area contributed by atoms with Gasteiger partial charge in [0.2, 0.25) is 0 Å². The number of amides is 1. The summed E-state index contributed by atoms with van der Waals surface area (Å²) in [6.07, 6.45) is 1.45. The van der Waals surface area contributed by atoms with Gasteiger partial charge < -0.3 is 15.8 Å². The molecule has 106 valence electrons. The first kappa shape index (κ1) is 15.8. The molecule has 1 amide bonds. The summed E-state index contributed by atoms with van der Waals surface area (Å²) < 4.78 is 6.42. The van der Waals surface area contributed by atoms with Crippen LogP contribution >= 0.6 is 15.9 Å². The highest BCUT2D eigenvalue weighted by molar-refractivity contribution is 9.10. The largest absolute Gasteiger partial charge is 0.481 e. The van der Waals surface area contributed by atoms with Gasteiger partial charge >= 0.3 is 0 Å². The van der Waals surface area contributed by atoms with Crippen LogP contribution in [0, 0.1) is 0 Å². The van der Waals surface area contributed by atoms with Crippen molar-refractivity contribution >= 4 is 27.5 Å². The van der Waals surface area contributed by atoms with Gasteiger partial charge in [-0.05, 0) is 32.4 Å². The van der Waals surface area contributed by atoms with Gasteiger partial charge in [-0.25, -0.2) is 0 Å². The number of halogens is 1. The number of carbonyl (C=O) groups is 1. The Labute approximate surface area is 122 Å². The SMILES string of the molecule is CCCC(C)NC(=O)C(C)Oc1cc(N)cc(Br)c1. The maximum atomic E-state index is 11.9. The van der Waals surface area contributed by atoms with Crippen molar-refractivity contribution < 1.29 is 9.53 Å². The number of carbonyl (C=O) groups excluding carboxylic acids is 1. The van der Waals surface area contributed by atoms with Crippen LogP contribution in [0.2, 0.25) is 0 Å². The Morgan fingerprint density at radius 1 is 1.42 bits per heavy atom. The summed E-state index contributed by atoms with van der Waals surface area (Å²) in [5.74, 6) is 0.470. The average Bonchev–Trinajstić information content (AvgIpc) is 2.27. The van der Waals surface area contributed by atoms with E-state index in [1.807, 2.05) is 6.92 Å². The van der Waals surface area contributed by atoms with E-state index in [1.54, 1.807) is 25.1 Å². The lowest BCUT2D eigenvalue weighted by molar-refractivity contribution is -0.127. The molecule has 0 saturated heterocycles. The number of hydrogen-bond acceptors (Lipinski definition) is 3. The molecule has 1 aromatic rings. The highest BCUT2D eigenvalue weighted by Crippen LogP contribution is 2.23. The molecule has 0 spiro atoms. The van der Waals surface area contributed by atoms with E-state index >= 15 is 0 Å². The lowest BCUT2D eigenvalue weighted by Gasteiger charge is -2.18. The monoisotopic (exact) mass is 328 g/mol. The number of ether oxygens (including phenoxy) is 1. The minimum Gasteiger partial charge on any atom is -0.481 e. The fraction of sp³-hybridized carbons (Fsp3) is 0.500. The minimum absolute atomic E-state index is 0.112. The van der Waals surface area contributed by atoms with E-state index in [-0.39, 0.29) is 11.9 Å². The highest BCUT2D eigenvalue weighted by atomic mass is 79.9. The number of nitrogen functional groups attached to an aromatic ring is 1. The smallest absolute Gasteiger partial charge is 0.260 e. The van der Waals surface area contributed by atoms with E-state index in [9.17, 15) is 4.79 Å². The van der Waals surface area contributed by atoms with Crippen molar-refractivity contribution in [3.8, 4) is 5.75 Å². The van der Waals surface area contributed by atoms with Crippen LogP contribution in [0.25, 0.3) is 0 Å². The van der Waals surface area contributed by atoms with Crippen LogP contribution in [-0.4, -0.2) is 18.1 Å². The van der Waals surface area contributed by atoms with Crippen LogP contribution in [0.15, 0.2) is 22.7 Å². The zero-order valence-electron chi connectivity index (χ0n) is 11.6. The number of hydrogen-bond donors (Lipinski definition) is 2. The first-order valence-corrected chi connectivity index (χ1v) is 7.24. The number of anilines is 1. The molecule has 0 heterocycles. The van der Waals surface area contributed by atoms with Crippen LogP contribution in [0.3, 0.4) is 0 Å². The molecule has 0 bridgehead atoms. The average molecular weight is 329 g/mol. The molecule has 1 rings (SSSR count). The van der Waals surface area contributed by atoms with Gasteiger partial charge in [-0.1, -0.05) is 29.3 Å². The van der Waals surface area contributed by atoms with Crippen molar-refractivity contribution in [2.45, 2.75) is 45.8 Å². The highest BCUT2D eigenvalue weighted by Gasteiger charge is 2.16. The molecule has 5 heteroatoms. The van der Waals surface area contributed by atoms with Crippen molar-refractivity contribution in [2.75, 3.05) is 5.73 Å². The summed E-state index contributed by atoms with van der Waals surface area (Å²) in [6.45, 7) is 5.81. The Morgan fingerprint density at radius 2 is 2.11 bits per heavy atom. The summed E-state index contributed by atoms with van der Waals surface area (Å²) >= 11 is 3.34. The van der Waals surface area contributed by atoms with E-state index in [4.69, 9.17) is 10.5 Å². The molecule has 0 aliphatic rings. The summed E-state index contributed by atoms with van der Waals surface area (Å²) in [5.41, 5.74) is 6.31. The van der Waals surface area contributed by atoms with E-state index < -0.39 is 6.10 Å². The maximum absolute atomic E-state index is 11.9. The van der Waals surface area contributed by atoms with Gasteiger partial charge in [0.25, 0.3) is 5.91 Å². The number of benzene rings is 1. The molecule has 0 aliphatic heterocycles. The molecule has 0 saturated carbocycles. The van der Waals surface area contributed by atoms with Gasteiger partial charge in [-0.15, -0.1) is 0 Å². The topological polar surface area (TPSA) is 64.3 Å². The molecular weight excluding hydrogens is 308 g/mol. The third kappa shape index (κ3) is 5.51. The lowest BCUT2D eigenvalue weighted by Crippen LogP contribution is -2.41. The normalized spacial score (nSPS) is 13.7. The zero-order chi connectivity index (χ0) is 14.4. The zero-order valence-corrected chi connectivity index (χ0v) is 13.2. The Kier molecular flexibility index (Phi) is 6.15. The van der Waals surface area contributed by atoms with Crippen molar-refractivity contribution in [1.82, 2.24) is 5.32 Å². The van der Waals surface area contributed by atoms with Crippen molar-refractivity contribution in [3.05, 3.63) is 22.7 Å². The molecule has 0 aliphatic carbocycles. The van der Waals surface area contributed by atoms with Gasteiger partial charge in [0.1, 0.15) is 5.75 Å². The van der Waals surface area contributed by atoms with Gasteiger partial charge in [-0.3, -0.25) is 4.79 Å². The molecule has 19 heavy (non-hydrogen) atoms. The quantitative estimate of drug-likeness (QED) is 0.788. The van der Waals surface area contributed by atoms with Crippen molar-refractivity contribution in [2.24, 2.45) is 0 Å². The Balaban J connectivity index is 2.58. The molecule has 2 atom stereocenters. The fourth-order valence-corrected chi connectivity index (χ4v) is 2.27. The minimum atomic E-state index is -0.548. The summed E-state index contributed by atoms with van der Waals surface area (Å²) in [5, 5.41) is 2.92. The first-order chi connectivity index (χ1) is 8.92. The first-order valence-electron chi connectivity index (χ1n) is 6.45. The Hall–Kier alpha value is -1.23. The summed E-state index contributed by atoms with van der Waals surface area (Å²) in [7, 11) is 0. The summed E-state index contributed by atoms with van der Waals surface area (Å²) in [4.78, 5) is 11.9. The number of nitrogens with one attached hydrogen (secondary N) is 1. The van der Waals surface area contributed by atoms with Crippen molar-refractivity contribution in [3.63, 3.8) is 0 Å². The Bertz CT molecular complexity index is 417. The van der Waals surface area contributed by atoms with Crippen molar-refractivity contribution in [1.29, 1.82) is 0 Å². The molecule has 3 N–H and O–H groups in total. The van der Waals surface area contributed by atoms with Crippen LogP contribution in [0.5, 0.6) is 5.75 Å². The molecule has 0 fully saturated rings. The molecule has 0 aromatic heterocycles. The van der Waals surface area contributed by atoms with Gasteiger partial charge in [0.05, 0.1) is 0 Å². The third-order valence-electron chi connectivity index (χ3n) is 2.69. The van der Waals surface area contributed by atoms with E-state index in [2.05, 4.69) is 28.2 Å². The summed E-state index contributed by atoms with van der Waals surface area (Å²) in [6, 6.07) is 5.43. The van der Waals surface area contributed by atoms with Crippen LogP contribution in [-0.2, 0) is 4.79 Å². The van der Waals surface area contributed by atoms with Crippen LogP contribution in [0.1, 0.15) is 33.6 Å². The van der Waals surface area contributed by atoms with E-state index in [1.165, 1.54) is 0 Å². The second-order valence-corrected chi connectivity index (χ2v) is 5.59. The molecule has 1 aromatic carbocycles. The Morgan fingerprint density at radius 3 is 2.68 bits per heavy atom. The maximum Gasteiger partial charge on any atom is 0.260 e. The molecule has 4 nitrogen and oxygen atoms in total. The van der Waals surface area contributed by atoms with Crippen LogP contribution < -0.4 is 15.8 Å². The third-order valence-corrected chi connectivity index (χ3v) is 3.14. The molecule has 2 unspecified atom stereocenters. The van der Waals surface area contributed by atoms with Gasteiger partial charge in [-0.2, -0.15) is 0 Å². The predicted molar refractivity (Wildman–Crippen MR) is 81.2 cm³/mol. The number of nitrogens with two attached hydrogens (primary N) is 1. The number of rotatable bonds is 6. The molecular formula is C14H21BrN2O2. The second kappa shape index (κ2) is 7.38. The standard InChI is InChI=1S/C14H21BrN2O2/c1-4-5-9(2)17-14(18)10(3)19-13-7-11(15)6-12(16)8-13/h6-10H,4-5,16H2,1-3H3,(H,17,18). The predicted octanol–water partition coefficient (Wildman–Crippen LogP) is 3.10. The molecule has 0 radical (unpaired) electrons. The van der Waals surface area contributed by atoms with Crippen LogP contribution in [0.4, 0.5) is 5.69 Å². The van der Waals surface area contributed by atoms with Gasteiger partial charge in [0.15, 0.2) is 6.10 Å².